The SMILES string of the molecule is CCNC(=NCCSC)N(C)CCc1cccs1. The third-order valence-electron chi connectivity index (χ3n) is 2.53. The second-order valence-corrected chi connectivity index (χ2v) is 6.00. The summed E-state index contributed by atoms with van der Waals surface area (Å²) in [6.45, 7) is 4.91. The number of guanidine groups is 1. The molecule has 0 atom stereocenters. The van der Waals surface area contributed by atoms with Gasteiger partial charge in [0.05, 0.1) is 6.54 Å². The van der Waals surface area contributed by atoms with Gasteiger partial charge in [-0.1, -0.05) is 6.07 Å². The molecule has 1 aromatic rings. The minimum Gasteiger partial charge on any atom is -0.357 e. The molecule has 0 bridgehead atoms. The van der Waals surface area contributed by atoms with Crippen LogP contribution in [0.3, 0.4) is 0 Å². The van der Waals surface area contributed by atoms with E-state index in [0.717, 1.165) is 37.8 Å². The first-order chi connectivity index (χ1) is 8.77. The Labute approximate surface area is 119 Å². The molecule has 0 aliphatic rings. The number of hydrogen-bond donors (Lipinski definition) is 1. The summed E-state index contributed by atoms with van der Waals surface area (Å²) in [7, 11) is 2.11. The second-order valence-electron chi connectivity index (χ2n) is 3.98. The molecular weight excluding hydrogens is 262 g/mol. The lowest BCUT2D eigenvalue weighted by atomic mass is 10.3. The Morgan fingerprint density at radius 1 is 1.56 bits per heavy atom. The van der Waals surface area contributed by atoms with Gasteiger partial charge in [-0.25, -0.2) is 0 Å². The van der Waals surface area contributed by atoms with E-state index >= 15 is 0 Å². The van der Waals surface area contributed by atoms with Crippen LogP contribution >= 0.6 is 23.1 Å². The van der Waals surface area contributed by atoms with E-state index in [1.165, 1.54) is 4.88 Å². The summed E-state index contributed by atoms with van der Waals surface area (Å²) >= 11 is 3.65. The molecule has 0 amide bonds. The van der Waals surface area contributed by atoms with Crippen LogP contribution < -0.4 is 5.32 Å². The zero-order chi connectivity index (χ0) is 13.2. The predicted molar refractivity (Wildman–Crippen MR) is 85.0 cm³/mol. The molecule has 0 aromatic carbocycles. The van der Waals surface area contributed by atoms with Gasteiger partial charge in [-0.2, -0.15) is 11.8 Å². The molecule has 0 unspecified atom stereocenters. The third kappa shape index (κ3) is 5.78. The fourth-order valence-corrected chi connectivity index (χ4v) is 2.52. The zero-order valence-electron chi connectivity index (χ0n) is 11.5. The Kier molecular flexibility index (Phi) is 7.93. The van der Waals surface area contributed by atoms with Crippen molar-refractivity contribution in [1.29, 1.82) is 0 Å². The van der Waals surface area contributed by atoms with Crippen molar-refractivity contribution in [2.24, 2.45) is 4.99 Å². The van der Waals surface area contributed by atoms with E-state index < -0.39 is 0 Å². The van der Waals surface area contributed by atoms with E-state index in [-0.39, 0.29) is 0 Å². The van der Waals surface area contributed by atoms with Gasteiger partial charge < -0.3 is 10.2 Å². The van der Waals surface area contributed by atoms with Crippen molar-refractivity contribution < 1.29 is 0 Å². The van der Waals surface area contributed by atoms with Crippen molar-refractivity contribution >= 4 is 29.1 Å². The Hall–Kier alpha value is -0.680. The lowest BCUT2D eigenvalue weighted by molar-refractivity contribution is 0.487. The quantitative estimate of drug-likeness (QED) is 0.474. The predicted octanol–water partition coefficient (Wildman–Crippen LogP) is 2.55. The van der Waals surface area contributed by atoms with Crippen LogP contribution in [0.25, 0.3) is 0 Å². The van der Waals surface area contributed by atoms with Crippen molar-refractivity contribution in [2.75, 3.05) is 38.7 Å². The average molecular weight is 285 g/mol. The molecule has 5 heteroatoms. The maximum Gasteiger partial charge on any atom is 0.193 e. The van der Waals surface area contributed by atoms with E-state index in [1.807, 2.05) is 23.1 Å². The molecule has 1 N–H and O–H groups in total. The second kappa shape index (κ2) is 9.28. The molecule has 18 heavy (non-hydrogen) atoms. The van der Waals surface area contributed by atoms with Crippen LogP contribution in [0.2, 0.25) is 0 Å². The highest BCUT2D eigenvalue weighted by Crippen LogP contribution is 2.09. The number of thiophene rings is 1. The molecule has 0 aliphatic carbocycles. The first kappa shape index (κ1) is 15.4. The van der Waals surface area contributed by atoms with Crippen LogP contribution in [0.1, 0.15) is 11.8 Å². The van der Waals surface area contributed by atoms with Gasteiger partial charge in [0.15, 0.2) is 5.96 Å². The molecule has 102 valence electrons. The normalized spacial score (nSPS) is 11.6. The van der Waals surface area contributed by atoms with Crippen LogP contribution in [0.5, 0.6) is 0 Å². The summed E-state index contributed by atoms with van der Waals surface area (Å²) in [5.41, 5.74) is 0. The van der Waals surface area contributed by atoms with Gasteiger partial charge in [0.1, 0.15) is 0 Å². The standard InChI is InChI=1S/C13H23N3S2/c1-4-14-13(15-8-11-17-3)16(2)9-7-12-6-5-10-18-12/h5-6,10H,4,7-9,11H2,1-3H3,(H,14,15). The first-order valence-corrected chi connectivity index (χ1v) is 8.56. The number of thioether (sulfide) groups is 1. The van der Waals surface area contributed by atoms with Crippen LogP contribution in [0.15, 0.2) is 22.5 Å². The molecular formula is C13H23N3S2. The molecule has 0 radical (unpaired) electrons. The third-order valence-corrected chi connectivity index (χ3v) is 4.05. The van der Waals surface area contributed by atoms with Gasteiger partial charge in [-0.3, -0.25) is 4.99 Å². The molecule has 0 saturated heterocycles. The number of hydrogen-bond acceptors (Lipinski definition) is 3. The van der Waals surface area contributed by atoms with Gasteiger partial charge in [0, 0.05) is 30.8 Å². The maximum atomic E-state index is 4.62. The van der Waals surface area contributed by atoms with Crippen molar-refractivity contribution in [3.8, 4) is 0 Å². The highest BCUT2D eigenvalue weighted by atomic mass is 32.2. The fraction of sp³-hybridized carbons (Fsp3) is 0.615. The van der Waals surface area contributed by atoms with Gasteiger partial charge >= 0.3 is 0 Å². The van der Waals surface area contributed by atoms with Crippen LogP contribution in [-0.2, 0) is 6.42 Å². The molecule has 0 aliphatic heterocycles. The number of likely N-dealkylation sites (N-methyl/N-ethyl adjacent to an activating group) is 1. The van der Waals surface area contributed by atoms with Gasteiger partial charge in [-0.05, 0) is 31.0 Å². The van der Waals surface area contributed by atoms with E-state index in [0.29, 0.717) is 0 Å². The van der Waals surface area contributed by atoms with Gasteiger partial charge in [0.25, 0.3) is 0 Å². The molecule has 1 rings (SSSR count). The monoisotopic (exact) mass is 285 g/mol. The molecule has 1 heterocycles. The van der Waals surface area contributed by atoms with E-state index in [4.69, 9.17) is 0 Å². The van der Waals surface area contributed by atoms with Crippen LogP contribution in [0.4, 0.5) is 0 Å². The van der Waals surface area contributed by atoms with Gasteiger partial charge in [0.2, 0.25) is 0 Å². The Morgan fingerprint density at radius 2 is 2.39 bits per heavy atom. The van der Waals surface area contributed by atoms with Gasteiger partial charge in [-0.15, -0.1) is 11.3 Å². The number of rotatable bonds is 7. The Balaban J connectivity index is 2.42. The highest BCUT2D eigenvalue weighted by molar-refractivity contribution is 7.98. The lowest BCUT2D eigenvalue weighted by Crippen LogP contribution is -2.40. The number of nitrogens with zero attached hydrogens (tertiary/aromatic N) is 2. The smallest absolute Gasteiger partial charge is 0.193 e. The molecule has 0 saturated carbocycles. The van der Waals surface area contributed by atoms with Crippen molar-refractivity contribution in [2.45, 2.75) is 13.3 Å². The van der Waals surface area contributed by atoms with Crippen molar-refractivity contribution in [1.82, 2.24) is 10.2 Å². The largest absolute Gasteiger partial charge is 0.357 e. The Morgan fingerprint density at radius 3 is 3.00 bits per heavy atom. The first-order valence-electron chi connectivity index (χ1n) is 6.28. The molecule has 3 nitrogen and oxygen atoms in total. The van der Waals surface area contributed by atoms with E-state index in [1.54, 1.807) is 0 Å². The average Bonchev–Trinajstić information content (AvgIpc) is 2.88. The summed E-state index contributed by atoms with van der Waals surface area (Å²) in [5, 5.41) is 5.47. The van der Waals surface area contributed by atoms with E-state index in [9.17, 15) is 0 Å². The van der Waals surface area contributed by atoms with Crippen molar-refractivity contribution in [3.63, 3.8) is 0 Å². The minimum atomic E-state index is 0.882. The zero-order valence-corrected chi connectivity index (χ0v) is 13.1. The van der Waals surface area contributed by atoms with E-state index in [2.05, 4.69) is 52.9 Å². The summed E-state index contributed by atoms with van der Waals surface area (Å²) in [4.78, 5) is 8.26. The fourth-order valence-electron chi connectivity index (χ4n) is 1.55. The summed E-state index contributed by atoms with van der Waals surface area (Å²) in [5.74, 6) is 2.09. The van der Waals surface area contributed by atoms with Crippen molar-refractivity contribution in [3.05, 3.63) is 22.4 Å². The summed E-state index contributed by atoms with van der Waals surface area (Å²) in [6, 6.07) is 4.30. The highest BCUT2D eigenvalue weighted by Gasteiger charge is 2.05. The summed E-state index contributed by atoms with van der Waals surface area (Å²) < 4.78 is 0. The van der Waals surface area contributed by atoms with Crippen LogP contribution in [-0.4, -0.2) is 49.6 Å². The molecule has 0 fully saturated rings. The number of aliphatic imine (C=N–C) groups is 1. The number of nitrogens with one attached hydrogen (secondary N) is 1. The van der Waals surface area contributed by atoms with Crippen LogP contribution in [0, 0.1) is 0 Å². The minimum absolute atomic E-state index is 0.882. The summed E-state index contributed by atoms with van der Waals surface area (Å²) in [6.07, 6.45) is 3.20. The topological polar surface area (TPSA) is 27.6 Å². The molecule has 0 spiro atoms. The lowest BCUT2D eigenvalue weighted by Gasteiger charge is -2.21. The Bertz CT molecular complexity index is 336. The molecule has 1 aromatic heterocycles. The maximum absolute atomic E-state index is 4.62.